The molecule has 0 unspecified atom stereocenters. The van der Waals surface area contributed by atoms with Gasteiger partial charge in [-0.05, 0) is 35.2 Å². The van der Waals surface area contributed by atoms with Crippen molar-refractivity contribution < 1.29 is 4.79 Å². The first kappa shape index (κ1) is 14.3. The topological polar surface area (TPSA) is 36.1 Å². The molecular weight excluding hydrogens is 308 g/mol. The predicted octanol–water partition coefficient (Wildman–Crippen LogP) is 3.95. The Labute approximate surface area is 139 Å². The van der Waals surface area contributed by atoms with Gasteiger partial charge in [-0.3, -0.25) is 4.79 Å². The average Bonchev–Trinajstić information content (AvgIpc) is 2.96. The summed E-state index contributed by atoms with van der Waals surface area (Å²) in [5.41, 5.74) is 4.63. The van der Waals surface area contributed by atoms with Gasteiger partial charge in [0.1, 0.15) is 0 Å². The Morgan fingerprint density at radius 3 is 2.87 bits per heavy atom. The van der Waals surface area contributed by atoms with Gasteiger partial charge in [0.05, 0.1) is 6.42 Å². The van der Waals surface area contributed by atoms with E-state index in [1.165, 1.54) is 11.1 Å². The zero-order valence-corrected chi connectivity index (χ0v) is 13.4. The Balaban J connectivity index is 1.54. The lowest BCUT2D eigenvalue weighted by atomic mass is 9.99. The second-order valence-corrected chi connectivity index (χ2v) is 6.45. The molecule has 23 heavy (non-hydrogen) atoms. The van der Waals surface area contributed by atoms with Crippen molar-refractivity contribution in [2.75, 3.05) is 6.54 Å². The smallest absolute Gasteiger partial charge is 0.227 e. The Hall–Kier alpha value is -2.26. The van der Waals surface area contributed by atoms with E-state index in [1.807, 2.05) is 35.4 Å². The zero-order chi connectivity index (χ0) is 15.8. The molecule has 1 N–H and O–H groups in total. The Bertz CT molecular complexity index is 884. The van der Waals surface area contributed by atoms with Gasteiger partial charge < -0.3 is 9.88 Å². The van der Waals surface area contributed by atoms with E-state index in [9.17, 15) is 4.79 Å². The number of amides is 1. The van der Waals surface area contributed by atoms with Gasteiger partial charge in [-0.1, -0.05) is 41.9 Å². The average molecular weight is 325 g/mol. The molecule has 0 saturated heterocycles. The van der Waals surface area contributed by atoms with E-state index in [4.69, 9.17) is 11.6 Å². The number of nitrogens with zero attached hydrogens (tertiary/aromatic N) is 1. The van der Waals surface area contributed by atoms with Crippen molar-refractivity contribution in [1.29, 1.82) is 0 Å². The van der Waals surface area contributed by atoms with Crippen molar-refractivity contribution in [2.24, 2.45) is 0 Å². The quantitative estimate of drug-likeness (QED) is 0.761. The number of benzene rings is 2. The third-order valence-electron chi connectivity index (χ3n) is 4.55. The van der Waals surface area contributed by atoms with Crippen LogP contribution in [0.15, 0.2) is 48.7 Å². The standard InChI is InChI=1S/C19H17ClN2O/c20-16-5-6-17-15(11-21-18(17)10-16)9-19(23)22-8-7-13-3-1-2-4-14(13)12-22/h1-6,10-11,21H,7-9,12H2. The molecule has 3 nitrogen and oxygen atoms in total. The number of aromatic nitrogens is 1. The van der Waals surface area contributed by atoms with Gasteiger partial charge in [-0.2, -0.15) is 0 Å². The monoisotopic (exact) mass is 324 g/mol. The summed E-state index contributed by atoms with van der Waals surface area (Å²) in [4.78, 5) is 17.8. The number of hydrogen-bond acceptors (Lipinski definition) is 1. The van der Waals surface area contributed by atoms with Crippen LogP contribution >= 0.6 is 11.6 Å². The summed E-state index contributed by atoms with van der Waals surface area (Å²) in [5, 5.41) is 1.77. The maximum Gasteiger partial charge on any atom is 0.227 e. The van der Waals surface area contributed by atoms with Crippen LogP contribution in [-0.2, 0) is 24.2 Å². The summed E-state index contributed by atoms with van der Waals surface area (Å²) in [6, 6.07) is 14.1. The van der Waals surface area contributed by atoms with Crippen molar-refractivity contribution >= 4 is 28.4 Å². The van der Waals surface area contributed by atoms with Crippen LogP contribution in [0.5, 0.6) is 0 Å². The van der Waals surface area contributed by atoms with E-state index in [-0.39, 0.29) is 5.91 Å². The molecule has 0 aliphatic carbocycles. The largest absolute Gasteiger partial charge is 0.361 e. The fraction of sp³-hybridized carbons (Fsp3) is 0.211. The summed E-state index contributed by atoms with van der Waals surface area (Å²) in [6.45, 7) is 1.51. The number of nitrogens with one attached hydrogen (secondary N) is 1. The number of carbonyl (C=O) groups is 1. The number of aromatic amines is 1. The van der Waals surface area contributed by atoms with Crippen LogP contribution in [0, 0.1) is 0 Å². The van der Waals surface area contributed by atoms with Crippen molar-refractivity contribution in [3.05, 3.63) is 70.4 Å². The minimum atomic E-state index is 0.176. The fourth-order valence-electron chi connectivity index (χ4n) is 3.29. The Morgan fingerprint density at radius 1 is 1.17 bits per heavy atom. The molecule has 1 aromatic heterocycles. The van der Waals surface area contributed by atoms with Crippen molar-refractivity contribution in [2.45, 2.75) is 19.4 Å². The summed E-state index contributed by atoms with van der Waals surface area (Å²) in [6.07, 6.45) is 3.27. The molecular formula is C19H17ClN2O. The van der Waals surface area contributed by atoms with Gasteiger partial charge in [0, 0.05) is 35.2 Å². The highest BCUT2D eigenvalue weighted by molar-refractivity contribution is 6.31. The molecule has 4 rings (SSSR count). The first-order valence-electron chi connectivity index (χ1n) is 7.81. The molecule has 116 valence electrons. The lowest BCUT2D eigenvalue weighted by molar-refractivity contribution is -0.131. The highest BCUT2D eigenvalue weighted by Gasteiger charge is 2.21. The number of fused-ring (bicyclic) bond motifs is 2. The molecule has 2 aromatic carbocycles. The van der Waals surface area contributed by atoms with Crippen molar-refractivity contribution in [1.82, 2.24) is 9.88 Å². The number of H-pyrrole nitrogens is 1. The number of rotatable bonds is 2. The molecule has 4 heteroatoms. The molecule has 2 heterocycles. The predicted molar refractivity (Wildman–Crippen MR) is 92.6 cm³/mol. The van der Waals surface area contributed by atoms with E-state index in [0.717, 1.165) is 29.4 Å². The second kappa shape index (κ2) is 5.74. The van der Waals surface area contributed by atoms with Crippen LogP contribution in [0.1, 0.15) is 16.7 Å². The van der Waals surface area contributed by atoms with Gasteiger partial charge in [0.2, 0.25) is 5.91 Å². The van der Waals surface area contributed by atoms with Crippen LogP contribution in [0.25, 0.3) is 10.9 Å². The van der Waals surface area contributed by atoms with Crippen molar-refractivity contribution in [3.63, 3.8) is 0 Å². The maximum absolute atomic E-state index is 12.7. The molecule has 0 radical (unpaired) electrons. The molecule has 0 atom stereocenters. The van der Waals surface area contributed by atoms with Crippen LogP contribution in [0.3, 0.4) is 0 Å². The van der Waals surface area contributed by atoms with Gasteiger partial charge in [-0.25, -0.2) is 0 Å². The summed E-state index contributed by atoms with van der Waals surface area (Å²) >= 11 is 6.01. The van der Waals surface area contributed by atoms with Crippen molar-refractivity contribution in [3.8, 4) is 0 Å². The van der Waals surface area contributed by atoms with Gasteiger partial charge in [0.15, 0.2) is 0 Å². The molecule has 1 aliphatic heterocycles. The normalized spacial score (nSPS) is 14.0. The van der Waals surface area contributed by atoms with Crippen LogP contribution in [-0.4, -0.2) is 22.3 Å². The van der Waals surface area contributed by atoms with Gasteiger partial charge in [-0.15, -0.1) is 0 Å². The minimum absolute atomic E-state index is 0.176. The third-order valence-corrected chi connectivity index (χ3v) is 4.79. The number of halogens is 1. The highest BCUT2D eigenvalue weighted by atomic mass is 35.5. The third kappa shape index (κ3) is 2.73. The summed E-state index contributed by atoms with van der Waals surface area (Å²) < 4.78 is 0. The molecule has 0 fully saturated rings. The van der Waals surface area contributed by atoms with Crippen LogP contribution < -0.4 is 0 Å². The van der Waals surface area contributed by atoms with E-state index in [1.54, 1.807) is 0 Å². The van der Waals surface area contributed by atoms with Gasteiger partial charge in [0.25, 0.3) is 0 Å². The molecule has 0 saturated carbocycles. The van der Waals surface area contributed by atoms with Crippen LogP contribution in [0.2, 0.25) is 5.02 Å². The first-order valence-corrected chi connectivity index (χ1v) is 8.18. The summed E-state index contributed by atoms with van der Waals surface area (Å²) in [5.74, 6) is 0.176. The molecule has 1 amide bonds. The Morgan fingerprint density at radius 2 is 2.00 bits per heavy atom. The van der Waals surface area contributed by atoms with Crippen LogP contribution in [0.4, 0.5) is 0 Å². The van der Waals surface area contributed by atoms with E-state index < -0.39 is 0 Å². The SMILES string of the molecule is O=C(Cc1c[nH]c2cc(Cl)ccc12)N1CCc2ccccc2C1. The molecule has 1 aliphatic rings. The van der Waals surface area contributed by atoms with Gasteiger partial charge >= 0.3 is 0 Å². The fourth-order valence-corrected chi connectivity index (χ4v) is 3.46. The Kier molecular flexibility index (Phi) is 3.58. The lowest BCUT2D eigenvalue weighted by Crippen LogP contribution is -2.36. The minimum Gasteiger partial charge on any atom is -0.361 e. The highest BCUT2D eigenvalue weighted by Crippen LogP contribution is 2.24. The van der Waals surface area contributed by atoms with E-state index in [0.29, 0.717) is 18.0 Å². The molecule has 3 aromatic rings. The van der Waals surface area contributed by atoms with E-state index >= 15 is 0 Å². The molecule has 0 bridgehead atoms. The second-order valence-electron chi connectivity index (χ2n) is 6.01. The maximum atomic E-state index is 12.7. The van der Waals surface area contributed by atoms with E-state index in [2.05, 4.69) is 23.2 Å². The first-order chi connectivity index (χ1) is 11.2. The number of hydrogen-bond donors (Lipinski definition) is 1. The molecule has 0 spiro atoms. The number of carbonyl (C=O) groups excluding carboxylic acids is 1. The summed E-state index contributed by atoms with van der Waals surface area (Å²) in [7, 11) is 0. The zero-order valence-electron chi connectivity index (χ0n) is 12.7. The lowest BCUT2D eigenvalue weighted by Gasteiger charge is -2.29.